The molecule has 6 nitrogen and oxygen atoms in total. The Hall–Kier alpha value is -1.64. The Bertz CT molecular complexity index is 787. The van der Waals surface area contributed by atoms with Crippen molar-refractivity contribution in [3.63, 3.8) is 0 Å². The second kappa shape index (κ2) is 6.00. The van der Waals surface area contributed by atoms with Crippen LogP contribution in [0.4, 0.5) is 10.8 Å². The Morgan fingerprint density at radius 1 is 1.38 bits per heavy atom. The van der Waals surface area contributed by atoms with Crippen LogP contribution in [0, 0.1) is 6.92 Å². The van der Waals surface area contributed by atoms with Gasteiger partial charge in [-0.25, -0.2) is 13.4 Å². The number of anilines is 2. The topological polar surface area (TPSA) is 88.2 Å². The van der Waals surface area contributed by atoms with Crippen molar-refractivity contribution in [2.75, 3.05) is 10.0 Å². The molecule has 0 atom stereocenters. The van der Waals surface area contributed by atoms with E-state index in [2.05, 4.69) is 15.0 Å². The molecule has 1 amide bonds. The summed E-state index contributed by atoms with van der Waals surface area (Å²) in [6, 6.07) is 4.85. The first kappa shape index (κ1) is 15.7. The van der Waals surface area contributed by atoms with Crippen molar-refractivity contribution < 1.29 is 13.2 Å². The number of rotatable bonds is 4. The molecule has 0 unspecified atom stereocenters. The number of halogens is 1. The molecule has 0 saturated heterocycles. The van der Waals surface area contributed by atoms with Crippen molar-refractivity contribution in [3.05, 3.63) is 35.0 Å². The number of nitrogens with one attached hydrogen (secondary N) is 2. The minimum atomic E-state index is -3.75. The first-order valence-electron chi connectivity index (χ1n) is 5.80. The van der Waals surface area contributed by atoms with Gasteiger partial charge in [-0.15, -0.1) is 0 Å². The number of carbonyl (C=O) groups excluding carboxylic acids is 1. The fourth-order valence-corrected chi connectivity index (χ4v) is 3.96. The lowest BCUT2D eigenvalue weighted by atomic mass is 10.2. The van der Waals surface area contributed by atoms with Crippen LogP contribution in [-0.4, -0.2) is 19.3 Å². The molecule has 0 aliphatic carbocycles. The van der Waals surface area contributed by atoms with Crippen LogP contribution in [0.25, 0.3) is 0 Å². The third-order valence-corrected chi connectivity index (χ3v) is 5.44. The fraction of sp³-hybridized carbons (Fsp3) is 0.167. The largest absolute Gasteiger partial charge is 0.302 e. The highest BCUT2D eigenvalue weighted by molar-refractivity contribution is 7.94. The minimum Gasteiger partial charge on any atom is -0.302 e. The summed E-state index contributed by atoms with van der Waals surface area (Å²) in [7, 11) is -3.75. The molecular formula is C12H12ClN3O3S2. The van der Waals surface area contributed by atoms with E-state index in [0.717, 1.165) is 11.3 Å². The lowest BCUT2D eigenvalue weighted by Gasteiger charge is -2.09. The van der Waals surface area contributed by atoms with Gasteiger partial charge < -0.3 is 5.32 Å². The molecule has 2 rings (SSSR count). The third-order valence-electron chi connectivity index (χ3n) is 2.47. The predicted octanol–water partition coefficient (Wildman–Crippen LogP) is 2.86. The molecule has 1 aromatic heterocycles. The van der Waals surface area contributed by atoms with Crippen LogP contribution < -0.4 is 10.0 Å². The van der Waals surface area contributed by atoms with Crippen LogP contribution in [0.1, 0.15) is 12.5 Å². The zero-order chi connectivity index (χ0) is 15.6. The molecule has 0 aliphatic heterocycles. The van der Waals surface area contributed by atoms with E-state index >= 15 is 0 Å². The normalized spacial score (nSPS) is 11.2. The van der Waals surface area contributed by atoms with Gasteiger partial charge >= 0.3 is 0 Å². The molecule has 21 heavy (non-hydrogen) atoms. The summed E-state index contributed by atoms with van der Waals surface area (Å²) in [5, 5.41) is 3.20. The summed E-state index contributed by atoms with van der Waals surface area (Å²) in [5.41, 5.74) is 1.14. The molecule has 112 valence electrons. The number of benzene rings is 1. The maximum atomic E-state index is 12.3. The quantitative estimate of drug-likeness (QED) is 0.891. The molecular weight excluding hydrogens is 334 g/mol. The molecule has 2 aromatic rings. The van der Waals surface area contributed by atoms with E-state index in [-0.39, 0.29) is 15.2 Å². The van der Waals surface area contributed by atoms with Crippen molar-refractivity contribution in [3.8, 4) is 0 Å². The van der Waals surface area contributed by atoms with Gasteiger partial charge in [-0.1, -0.05) is 22.9 Å². The average Bonchev–Trinajstić information content (AvgIpc) is 2.81. The van der Waals surface area contributed by atoms with Crippen LogP contribution in [0.2, 0.25) is 5.02 Å². The summed E-state index contributed by atoms with van der Waals surface area (Å²) < 4.78 is 27.0. The Balaban J connectivity index is 2.25. The molecule has 0 radical (unpaired) electrons. The Labute approximate surface area is 131 Å². The first-order chi connectivity index (χ1) is 9.78. The number of nitrogens with zero attached hydrogens (tertiary/aromatic N) is 1. The minimum absolute atomic E-state index is 0.0144. The number of amides is 1. The summed E-state index contributed by atoms with van der Waals surface area (Å²) in [5.74, 6) is -0.310. The number of sulfonamides is 1. The van der Waals surface area contributed by atoms with E-state index in [1.54, 1.807) is 25.1 Å². The summed E-state index contributed by atoms with van der Waals surface area (Å²) >= 11 is 6.71. The van der Waals surface area contributed by atoms with Gasteiger partial charge in [0.2, 0.25) is 5.91 Å². The number of carbonyl (C=O) groups is 1. The van der Waals surface area contributed by atoms with E-state index in [1.165, 1.54) is 13.1 Å². The number of thiazole rings is 1. The summed E-state index contributed by atoms with van der Waals surface area (Å²) in [6.45, 7) is 3.07. The van der Waals surface area contributed by atoms with Crippen LogP contribution in [0.3, 0.4) is 0 Å². The number of hydrogen-bond donors (Lipinski definition) is 2. The van der Waals surface area contributed by atoms with Crippen molar-refractivity contribution in [2.45, 2.75) is 18.1 Å². The molecule has 1 aromatic carbocycles. The molecule has 9 heteroatoms. The van der Waals surface area contributed by atoms with E-state index in [1.807, 2.05) is 0 Å². The number of aromatic nitrogens is 1. The maximum Gasteiger partial charge on any atom is 0.273 e. The number of aryl methyl sites for hydroxylation is 1. The average molecular weight is 346 g/mol. The molecule has 1 heterocycles. The van der Waals surface area contributed by atoms with Crippen LogP contribution in [0.5, 0.6) is 0 Å². The maximum absolute atomic E-state index is 12.3. The van der Waals surface area contributed by atoms with Crippen LogP contribution in [0.15, 0.2) is 28.6 Å². The highest BCUT2D eigenvalue weighted by Gasteiger charge is 2.19. The SMILES string of the molecule is CC(=O)Nc1ncc(S(=O)(=O)Nc2ccc(Cl)cc2C)s1. The van der Waals surface area contributed by atoms with Gasteiger partial charge in [0.25, 0.3) is 10.0 Å². The van der Waals surface area contributed by atoms with Gasteiger partial charge in [-0.2, -0.15) is 0 Å². The van der Waals surface area contributed by atoms with Crippen molar-refractivity contribution in [1.29, 1.82) is 0 Å². The smallest absolute Gasteiger partial charge is 0.273 e. The Morgan fingerprint density at radius 2 is 2.10 bits per heavy atom. The second-order valence-electron chi connectivity index (χ2n) is 4.23. The Morgan fingerprint density at radius 3 is 2.71 bits per heavy atom. The second-order valence-corrected chi connectivity index (χ2v) is 7.61. The molecule has 0 bridgehead atoms. The summed E-state index contributed by atoms with van der Waals surface area (Å²) in [4.78, 5) is 14.8. The van der Waals surface area contributed by atoms with Crippen LogP contribution in [-0.2, 0) is 14.8 Å². The molecule has 0 aliphatic rings. The van der Waals surface area contributed by atoms with Crippen molar-refractivity contribution in [2.24, 2.45) is 0 Å². The Kier molecular flexibility index (Phi) is 4.50. The highest BCUT2D eigenvalue weighted by Crippen LogP contribution is 2.27. The van der Waals surface area contributed by atoms with Crippen molar-refractivity contribution >= 4 is 49.7 Å². The molecule has 0 saturated carbocycles. The number of hydrogen-bond acceptors (Lipinski definition) is 5. The lowest BCUT2D eigenvalue weighted by Crippen LogP contribution is -2.12. The first-order valence-corrected chi connectivity index (χ1v) is 8.48. The van der Waals surface area contributed by atoms with Gasteiger partial charge in [0.15, 0.2) is 9.34 Å². The predicted molar refractivity (Wildman–Crippen MR) is 83.4 cm³/mol. The third kappa shape index (κ3) is 3.93. The van der Waals surface area contributed by atoms with Gasteiger partial charge in [-0.3, -0.25) is 9.52 Å². The monoisotopic (exact) mass is 345 g/mol. The van der Waals surface area contributed by atoms with E-state index in [0.29, 0.717) is 16.3 Å². The molecule has 0 fully saturated rings. The standard InChI is InChI=1S/C12H12ClN3O3S2/c1-7-5-9(13)3-4-10(7)16-21(18,19)11-6-14-12(20-11)15-8(2)17/h3-6,16H,1-2H3,(H,14,15,17). The van der Waals surface area contributed by atoms with Crippen LogP contribution >= 0.6 is 22.9 Å². The fourth-order valence-electron chi connectivity index (χ4n) is 1.53. The highest BCUT2D eigenvalue weighted by atomic mass is 35.5. The zero-order valence-electron chi connectivity index (χ0n) is 11.2. The summed E-state index contributed by atoms with van der Waals surface area (Å²) in [6.07, 6.45) is 1.20. The van der Waals surface area contributed by atoms with E-state index < -0.39 is 10.0 Å². The van der Waals surface area contributed by atoms with Crippen molar-refractivity contribution in [1.82, 2.24) is 4.98 Å². The molecule has 0 spiro atoms. The van der Waals surface area contributed by atoms with Gasteiger partial charge in [0.05, 0.1) is 11.9 Å². The van der Waals surface area contributed by atoms with E-state index in [9.17, 15) is 13.2 Å². The van der Waals surface area contributed by atoms with Gasteiger partial charge in [0.1, 0.15) is 0 Å². The van der Waals surface area contributed by atoms with E-state index in [4.69, 9.17) is 11.6 Å². The van der Waals surface area contributed by atoms with Gasteiger partial charge in [0, 0.05) is 11.9 Å². The van der Waals surface area contributed by atoms with Gasteiger partial charge in [-0.05, 0) is 30.7 Å². The zero-order valence-corrected chi connectivity index (χ0v) is 13.6. The molecule has 2 N–H and O–H groups in total. The lowest BCUT2D eigenvalue weighted by molar-refractivity contribution is -0.114.